The molecule has 0 spiro atoms. The third-order valence-electron chi connectivity index (χ3n) is 0.577. The van der Waals surface area contributed by atoms with Crippen LogP contribution in [0.5, 0.6) is 0 Å². The van der Waals surface area contributed by atoms with Gasteiger partial charge >= 0.3 is 0 Å². The fourth-order valence-electron chi connectivity index (χ4n) is 0.287. The Labute approximate surface area is 76.0 Å². The summed E-state index contributed by atoms with van der Waals surface area (Å²) in [4.78, 5) is 0. The summed E-state index contributed by atoms with van der Waals surface area (Å²) in [5.41, 5.74) is 4.85. The Hall–Kier alpha value is -0.310. The molecule has 0 heterocycles. The van der Waals surface area contributed by atoms with Gasteiger partial charge < -0.3 is 11.1 Å². The van der Waals surface area contributed by atoms with E-state index in [1.165, 1.54) is 0 Å². The molecule has 0 rings (SSSR count). The van der Waals surface area contributed by atoms with E-state index >= 15 is 0 Å². The maximum Gasteiger partial charge on any atom is 0.0135 e. The molecule has 0 fully saturated rings. The van der Waals surface area contributed by atoms with E-state index in [4.69, 9.17) is 5.73 Å². The minimum Gasteiger partial charge on any atom is -0.331 e. The van der Waals surface area contributed by atoms with E-state index in [0.29, 0.717) is 0 Å². The highest BCUT2D eigenvalue weighted by Crippen LogP contribution is 1.59. The molecule has 0 unspecified atom stereocenters. The Bertz CT molecular complexity index is 66.5. The summed E-state index contributed by atoms with van der Waals surface area (Å²) in [6, 6.07) is 0. The highest BCUT2D eigenvalue weighted by molar-refractivity contribution is 5.85. The molecule has 0 aliphatic rings. The number of hydrogen-bond acceptors (Lipinski definition) is 2. The zero-order valence-corrected chi connectivity index (χ0v) is 7.99. The molecular weight excluding hydrogens is 160 g/mol. The molecule has 0 aromatic heterocycles. The van der Waals surface area contributed by atoms with Crippen molar-refractivity contribution in [3.63, 3.8) is 0 Å². The van der Waals surface area contributed by atoms with Crippen molar-refractivity contribution in [2.24, 2.45) is 5.73 Å². The Morgan fingerprint density at radius 1 is 1.27 bits per heavy atom. The van der Waals surface area contributed by atoms with Crippen LogP contribution in [0, 0.1) is 0 Å². The second-order valence-electron chi connectivity index (χ2n) is 1.64. The zero-order valence-electron chi connectivity index (χ0n) is 7.18. The molecule has 0 amide bonds. The topological polar surface area (TPSA) is 38.0 Å². The quantitative estimate of drug-likeness (QED) is 0.504. The molecule has 3 heteroatoms. The van der Waals surface area contributed by atoms with Crippen LogP contribution < -0.4 is 11.1 Å². The minimum atomic E-state index is 0. The first kappa shape index (κ1) is 17.0. The maximum atomic E-state index is 4.85. The lowest BCUT2D eigenvalue weighted by atomic mass is 10.5. The van der Waals surface area contributed by atoms with Gasteiger partial charge in [-0.3, -0.25) is 0 Å². The Morgan fingerprint density at radius 3 is 1.73 bits per heavy atom. The van der Waals surface area contributed by atoms with Crippen LogP contribution in [-0.2, 0) is 0 Å². The Balaban J connectivity index is -0.000000140. The van der Waals surface area contributed by atoms with Crippen molar-refractivity contribution in [1.29, 1.82) is 0 Å². The third kappa shape index (κ3) is 42.1. The van der Waals surface area contributed by atoms with E-state index in [2.05, 4.69) is 18.5 Å². The van der Waals surface area contributed by atoms with Gasteiger partial charge in [0.25, 0.3) is 0 Å². The predicted molar refractivity (Wildman–Crippen MR) is 55.2 cm³/mol. The first-order chi connectivity index (χ1) is 4.83. The molecule has 3 N–H and O–H groups in total. The van der Waals surface area contributed by atoms with Gasteiger partial charge in [0.2, 0.25) is 0 Å². The molecule has 0 saturated carbocycles. The maximum absolute atomic E-state index is 4.85. The van der Waals surface area contributed by atoms with Crippen molar-refractivity contribution in [3.05, 3.63) is 25.3 Å². The van der Waals surface area contributed by atoms with Crippen molar-refractivity contribution >= 4 is 12.4 Å². The number of rotatable bonds is 4. The average molecular weight is 179 g/mol. The third-order valence-corrected chi connectivity index (χ3v) is 0.577. The van der Waals surface area contributed by atoms with Gasteiger partial charge in [0.15, 0.2) is 0 Å². The number of nitrogens with one attached hydrogen (secondary N) is 1. The van der Waals surface area contributed by atoms with Crippen LogP contribution in [-0.4, -0.2) is 19.6 Å². The fourth-order valence-corrected chi connectivity index (χ4v) is 0.287. The molecule has 0 radical (unpaired) electrons. The van der Waals surface area contributed by atoms with Crippen LogP contribution in [0.3, 0.4) is 0 Å². The molecule has 11 heavy (non-hydrogen) atoms. The first-order valence-electron chi connectivity index (χ1n) is 3.46. The van der Waals surface area contributed by atoms with Crippen molar-refractivity contribution in [2.75, 3.05) is 19.6 Å². The van der Waals surface area contributed by atoms with Crippen molar-refractivity contribution in [2.45, 2.75) is 6.92 Å². The van der Waals surface area contributed by atoms with Gasteiger partial charge in [-0.25, -0.2) is 0 Å². The van der Waals surface area contributed by atoms with Gasteiger partial charge in [-0.15, -0.1) is 25.6 Å². The summed E-state index contributed by atoms with van der Waals surface area (Å²) in [7, 11) is 0. The van der Waals surface area contributed by atoms with Crippen molar-refractivity contribution < 1.29 is 0 Å². The highest BCUT2D eigenvalue weighted by atomic mass is 35.5. The predicted octanol–water partition coefficient (Wildman–Crippen LogP) is 1.33. The highest BCUT2D eigenvalue weighted by Gasteiger charge is 1.69. The molecule has 68 valence electrons. The van der Waals surface area contributed by atoms with E-state index in [9.17, 15) is 0 Å². The normalized spacial score (nSPS) is 6.73. The molecule has 2 nitrogen and oxygen atoms in total. The van der Waals surface area contributed by atoms with Gasteiger partial charge in [0, 0.05) is 13.1 Å². The number of hydrogen-bond donors (Lipinski definition) is 2. The lowest BCUT2D eigenvalue weighted by Gasteiger charge is -1.90. The summed E-state index contributed by atoms with van der Waals surface area (Å²) >= 11 is 0. The van der Waals surface area contributed by atoms with E-state index in [-0.39, 0.29) is 12.4 Å². The average Bonchev–Trinajstić information content (AvgIpc) is 1.91. The van der Waals surface area contributed by atoms with Crippen LogP contribution >= 0.6 is 12.4 Å². The SMILES string of the molecule is C=CCNCC=C.CCN.Cl. The largest absolute Gasteiger partial charge is 0.331 e. The van der Waals surface area contributed by atoms with Crippen LogP contribution in [0.1, 0.15) is 6.92 Å². The van der Waals surface area contributed by atoms with Gasteiger partial charge in [-0.1, -0.05) is 19.1 Å². The smallest absolute Gasteiger partial charge is 0.0135 e. The van der Waals surface area contributed by atoms with Gasteiger partial charge in [0.05, 0.1) is 0 Å². The van der Waals surface area contributed by atoms with E-state index in [1.54, 1.807) is 0 Å². The molecule has 0 aliphatic carbocycles. The van der Waals surface area contributed by atoms with E-state index in [1.807, 2.05) is 19.1 Å². The van der Waals surface area contributed by atoms with Crippen LogP contribution in [0.15, 0.2) is 25.3 Å². The molecule has 0 aromatic rings. The van der Waals surface area contributed by atoms with Crippen LogP contribution in [0.2, 0.25) is 0 Å². The van der Waals surface area contributed by atoms with Crippen molar-refractivity contribution in [3.8, 4) is 0 Å². The first-order valence-corrected chi connectivity index (χ1v) is 3.46. The molecule has 0 aliphatic heterocycles. The molecule has 0 bridgehead atoms. The zero-order chi connectivity index (χ0) is 8.24. The van der Waals surface area contributed by atoms with Crippen LogP contribution in [0.4, 0.5) is 0 Å². The Kier molecular flexibility index (Phi) is 34.9. The lowest BCUT2D eigenvalue weighted by Crippen LogP contribution is -2.11. The van der Waals surface area contributed by atoms with Gasteiger partial charge in [-0.05, 0) is 6.54 Å². The summed E-state index contributed by atoms with van der Waals surface area (Å²) in [6.45, 7) is 11.5. The Morgan fingerprint density at radius 2 is 1.55 bits per heavy atom. The summed E-state index contributed by atoms with van der Waals surface area (Å²) in [5.74, 6) is 0. The van der Waals surface area contributed by atoms with E-state index < -0.39 is 0 Å². The molecule has 0 saturated heterocycles. The van der Waals surface area contributed by atoms with E-state index in [0.717, 1.165) is 19.6 Å². The summed E-state index contributed by atoms with van der Waals surface area (Å²) < 4.78 is 0. The second kappa shape index (κ2) is 22.6. The standard InChI is InChI=1S/C6H11N.C2H7N.ClH/c1-3-5-7-6-4-2;1-2-3;/h3-4,7H,1-2,5-6H2;2-3H2,1H3;1H. The fraction of sp³-hybridized carbons (Fsp3) is 0.500. The molecule has 0 atom stereocenters. The molecular formula is C8H19ClN2. The van der Waals surface area contributed by atoms with Crippen LogP contribution in [0.25, 0.3) is 0 Å². The molecule has 0 aromatic carbocycles. The lowest BCUT2D eigenvalue weighted by molar-refractivity contribution is 0.845. The minimum absolute atomic E-state index is 0. The van der Waals surface area contributed by atoms with Gasteiger partial charge in [-0.2, -0.15) is 0 Å². The summed E-state index contributed by atoms with van der Waals surface area (Å²) in [6.07, 6.45) is 3.65. The summed E-state index contributed by atoms with van der Waals surface area (Å²) in [5, 5.41) is 3.05. The van der Waals surface area contributed by atoms with Gasteiger partial charge in [0.1, 0.15) is 0 Å². The number of nitrogens with two attached hydrogens (primary N) is 1. The second-order valence-corrected chi connectivity index (χ2v) is 1.64. The van der Waals surface area contributed by atoms with Crippen molar-refractivity contribution in [1.82, 2.24) is 5.32 Å². The monoisotopic (exact) mass is 178 g/mol. The number of halogens is 1.